The fraction of sp³-hybridized carbons (Fsp3) is 0.321. The van der Waals surface area contributed by atoms with Crippen LogP contribution < -0.4 is 4.74 Å². The molecular weight excluding hydrogens is 490 g/mol. The summed E-state index contributed by atoms with van der Waals surface area (Å²) in [6.45, 7) is 8.13. The lowest BCUT2D eigenvalue weighted by Gasteiger charge is -2.19. The molecule has 0 atom stereocenters. The lowest BCUT2D eigenvalue weighted by molar-refractivity contribution is -0.131. The second-order valence-electron chi connectivity index (χ2n) is 8.56. The molecule has 0 spiro atoms. The van der Waals surface area contributed by atoms with E-state index in [0.717, 1.165) is 34.2 Å². The molecule has 3 aromatic rings. The fourth-order valence-electron chi connectivity index (χ4n) is 4.50. The topological polar surface area (TPSA) is 54.8 Å². The molecule has 2 aromatic carbocycles. The molecule has 36 heavy (non-hydrogen) atoms. The van der Waals surface area contributed by atoms with Crippen molar-refractivity contribution in [1.29, 1.82) is 0 Å². The van der Waals surface area contributed by atoms with Crippen LogP contribution in [0.4, 0.5) is 0 Å². The predicted molar refractivity (Wildman–Crippen MR) is 151 cm³/mol. The number of ether oxygens (including phenoxy) is 1. The maximum Gasteiger partial charge on any atom is 0.266 e. The number of thiocarbonyl (C=S) groups is 1. The number of thioether (sulfide) groups is 1. The number of rotatable bonds is 9. The molecule has 1 aliphatic rings. The Morgan fingerprint density at radius 3 is 2.47 bits per heavy atom. The predicted octanol–water partition coefficient (Wildman–Crippen LogP) is 5.48. The van der Waals surface area contributed by atoms with Gasteiger partial charge >= 0.3 is 0 Å². The van der Waals surface area contributed by atoms with Gasteiger partial charge in [-0.05, 0) is 49.6 Å². The quantitative estimate of drug-likeness (QED) is 0.276. The number of hydrogen-bond acceptors (Lipinski definition) is 5. The molecular formula is C28H31N3O3S2. The summed E-state index contributed by atoms with van der Waals surface area (Å²) in [5.74, 6) is 0.749. The summed E-state index contributed by atoms with van der Waals surface area (Å²) in [5, 5.41) is 1.03. The van der Waals surface area contributed by atoms with Gasteiger partial charge in [-0.1, -0.05) is 61.2 Å². The zero-order chi connectivity index (χ0) is 25.8. The van der Waals surface area contributed by atoms with Gasteiger partial charge in [-0.15, -0.1) is 0 Å². The van der Waals surface area contributed by atoms with Crippen molar-refractivity contribution in [3.05, 3.63) is 70.3 Å². The van der Waals surface area contributed by atoms with E-state index in [2.05, 4.69) is 19.1 Å². The van der Waals surface area contributed by atoms with Crippen LogP contribution in [0, 0.1) is 0 Å². The number of carbonyl (C=O) groups is 2. The molecule has 1 saturated heterocycles. The summed E-state index contributed by atoms with van der Waals surface area (Å²) in [5.41, 5.74) is 4.11. The van der Waals surface area contributed by atoms with Gasteiger partial charge in [0.15, 0.2) is 0 Å². The minimum atomic E-state index is -0.104. The van der Waals surface area contributed by atoms with E-state index in [9.17, 15) is 9.59 Å². The first-order chi connectivity index (χ1) is 17.4. The van der Waals surface area contributed by atoms with Crippen LogP contribution in [0.25, 0.3) is 17.0 Å². The molecule has 0 N–H and O–H groups in total. The number of benzene rings is 2. The summed E-state index contributed by atoms with van der Waals surface area (Å²) in [4.78, 5) is 30.3. The van der Waals surface area contributed by atoms with E-state index in [4.69, 9.17) is 17.0 Å². The van der Waals surface area contributed by atoms with Gasteiger partial charge in [-0.25, -0.2) is 0 Å². The van der Waals surface area contributed by atoms with Gasteiger partial charge in [0.1, 0.15) is 16.6 Å². The van der Waals surface area contributed by atoms with Crippen molar-refractivity contribution in [3.8, 4) is 5.75 Å². The molecule has 2 heterocycles. The maximum atomic E-state index is 13.3. The number of fused-ring (bicyclic) bond motifs is 1. The highest BCUT2D eigenvalue weighted by atomic mass is 32.2. The Hall–Kier alpha value is -3.10. The Morgan fingerprint density at radius 2 is 1.83 bits per heavy atom. The van der Waals surface area contributed by atoms with Crippen LogP contribution in [0.15, 0.2) is 53.6 Å². The number of methoxy groups -OCH3 is 1. The number of amides is 2. The second-order valence-corrected chi connectivity index (χ2v) is 10.2. The first-order valence-corrected chi connectivity index (χ1v) is 13.4. The minimum absolute atomic E-state index is 0.0835. The lowest BCUT2D eigenvalue weighted by Crippen LogP contribution is -2.33. The maximum absolute atomic E-state index is 13.3. The number of nitrogens with zero attached hydrogens (tertiary/aromatic N) is 3. The first kappa shape index (κ1) is 26.0. The largest absolute Gasteiger partial charge is 0.497 e. The molecule has 8 heteroatoms. The van der Waals surface area contributed by atoms with Crippen LogP contribution in [0.5, 0.6) is 5.75 Å². The highest BCUT2D eigenvalue weighted by molar-refractivity contribution is 8.26. The molecule has 0 bridgehead atoms. The van der Waals surface area contributed by atoms with Crippen molar-refractivity contribution in [1.82, 2.24) is 14.4 Å². The van der Waals surface area contributed by atoms with Crippen molar-refractivity contribution in [2.45, 2.75) is 40.3 Å². The van der Waals surface area contributed by atoms with E-state index in [1.807, 2.05) is 65.9 Å². The molecule has 6 nitrogen and oxygen atoms in total. The third kappa shape index (κ3) is 5.20. The van der Waals surface area contributed by atoms with Crippen molar-refractivity contribution in [3.63, 3.8) is 0 Å². The zero-order valence-corrected chi connectivity index (χ0v) is 22.7. The summed E-state index contributed by atoms with van der Waals surface area (Å²) < 4.78 is 7.79. The van der Waals surface area contributed by atoms with Crippen molar-refractivity contribution in [2.24, 2.45) is 0 Å². The monoisotopic (exact) mass is 521 g/mol. The van der Waals surface area contributed by atoms with E-state index < -0.39 is 0 Å². The summed E-state index contributed by atoms with van der Waals surface area (Å²) in [7, 11) is 1.63. The average molecular weight is 522 g/mol. The van der Waals surface area contributed by atoms with Gasteiger partial charge in [-0.3, -0.25) is 14.5 Å². The molecule has 4 rings (SSSR count). The molecule has 0 unspecified atom stereocenters. The van der Waals surface area contributed by atoms with Gasteiger partial charge in [0, 0.05) is 30.2 Å². The second kappa shape index (κ2) is 11.3. The number of carbonyl (C=O) groups excluding carboxylic acids is 2. The van der Waals surface area contributed by atoms with Crippen LogP contribution in [0.2, 0.25) is 0 Å². The van der Waals surface area contributed by atoms with E-state index in [1.165, 1.54) is 17.3 Å². The van der Waals surface area contributed by atoms with E-state index in [1.54, 1.807) is 12.0 Å². The lowest BCUT2D eigenvalue weighted by atomic mass is 10.1. The van der Waals surface area contributed by atoms with Crippen LogP contribution in [0.1, 0.15) is 37.5 Å². The number of likely N-dealkylation sites (N-methyl/N-ethyl adjacent to an activating group) is 1. The van der Waals surface area contributed by atoms with Crippen LogP contribution in [-0.2, 0) is 29.1 Å². The van der Waals surface area contributed by atoms with E-state index in [0.29, 0.717) is 28.9 Å². The van der Waals surface area contributed by atoms with Crippen molar-refractivity contribution < 1.29 is 14.3 Å². The summed E-state index contributed by atoms with van der Waals surface area (Å²) in [6.07, 6.45) is 4.75. The highest BCUT2D eigenvalue weighted by Gasteiger charge is 2.32. The van der Waals surface area contributed by atoms with Gasteiger partial charge in [0.2, 0.25) is 5.91 Å². The van der Waals surface area contributed by atoms with Gasteiger partial charge in [0.25, 0.3) is 5.91 Å². The van der Waals surface area contributed by atoms with Crippen LogP contribution >= 0.6 is 24.0 Å². The Labute approximate surface area is 221 Å². The molecule has 2 amide bonds. The van der Waals surface area contributed by atoms with Gasteiger partial charge in [0.05, 0.1) is 24.1 Å². The number of aryl methyl sites for hydroxylation is 1. The van der Waals surface area contributed by atoms with Crippen molar-refractivity contribution in [2.75, 3.05) is 20.2 Å². The summed E-state index contributed by atoms with van der Waals surface area (Å²) >= 11 is 6.88. The molecule has 0 aliphatic carbocycles. The fourth-order valence-corrected chi connectivity index (χ4v) is 5.75. The third-order valence-corrected chi connectivity index (χ3v) is 7.85. The smallest absolute Gasteiger partial charge is 0.266 e. The number of para-hydroxylation sites is 1. The van der Waals surface area contributed by atoms with Gasteiger partial charge in [-0.2, -0.15) is 0 Å². The Bertz CT molecular complexity index is 1320. The molecule has 1 aliphatic heterocycles. The van der Waals surface area contributed by atoms with E-state index in [-0.39, 0.29) is 18.4 Å². The Balaban J connectivity index is 1.66. The number of hydrogen-bond donors (Lipinski definition) is 0. The standard InChI is InChI=1S/C28H31N3O3S2/c1-5-20-9-8-10-23-21(17-30(26(20)23)18-25(32)29(6-2)7-3)15-24-27(33)31(28(35)36-24)16-19-11-13-22(34-4)14-12-19/h8-15,17H,5-7,16,18H2,1-4H3/b24-15-. The van der Waals surface area contributed by atoms with Crippen LogP contribution in [-0.4, -0.2) is 50.7 Å². The Kier molecular flexibility index (Phi) is 8.16. The normalized spacial score (nSPS) is 14.8. The van der Waals surface area contributed by atoms with Gasteiger partial charge < -0.3 is 14.2 Å². The molecule has 0 radical (unpaired) electrons. The molecule has 1 aromatic heterocycles. The third-order valence-electron chi connectivity index (χ3n) is 6.48. The Morgan fingerprint density at radius 1 is 1.11 bits per heavy atom. The minimum Gasteiger partial charge on any atom is -0.497 e. The highest BCUT2D eigenvalue weighted by Crippen LogP contribution is 2.36. The first-order valence-electron chi connectivity index (χ1n) is 12.2. The molecule has 1 fully saturated rings. The SMILES string of the molecule is CCc1cccc2c(/C=C3\SC(=S)N(Cc4ccc(OC)cc4)C3=O)cn(CC(=O)N(CC)CC)c12. The number of aromatic nitrogens is 1. The van der Waals surface area contributed by atoms with Crippen LogP contribution in [0.3, 0.4) is 0 Å². The zero-order valence-electron chi connectivity index (χ0n) is 21.1. The summed E-state index contributed by atoms with van der Waals surface area (Å²) in [6, 6.07) is 13.8. The van der Waals surface area contributed by atoms with E-state index >= 15 is 0 Å². The average Bonchev–Trinajstić information content (AvgIpc) is 3.36. The molecule has 0 saturated carbocycles. The molecule has 188 valence electrons. The van der Waals surface area contributed by atoms with Crippen molar-refractivity contribution >= 4 is 57.1 Å².